The summed E-state index contributed by atoms with van der Waals surface area (Å²) < 4.78 is 12.4. The second-order valence-electron chi connectivity index (χ2n) is 7.04. The highest BCUT2D eigenvalue weighted by Gasteiger charge is 2.33. The average Bonchev–Trinajstić information content (AvgIpc) is 2.76. The Bertz CT molecular complexity index is 1100. The number of benzene rings is 2. The molecule has 2 amide bonds. The Balaban J connectivity index is 1.74. The minimum absolute atomic E-state index is 0.132. The van der Waals surface area contributed by atoms with Gasteiger partial charge in [0.05, 0.1) is 42.7 Å². The largest absolute Gasteiger partial charge is 0.493 e. The highest BCUT2D eigenvalue weighted by molar-refractivity contribution is 8.01. The number of anilines is 2. The van der Waals surface area contributed by atoms with Crippen molar-refractivity contribution in [3.63, 3.8) is 0 Å². The minimum atomic E-state index is -0.132. The summed E-state index contributed by atoms with van der Waals surface area (Å²) in [6.07, 6.45) is 1.84. The Kier molecular flexibility index (Phi) is 5.55. The highest BCUT2D eigenvalue weighted by atomic mass is 32.2. The molecule has 0 atom stereocenters. The second kappa shape index (κ2) is 8.28. The maximum Gasteiger partial charge on any atom is 0.339 e. The third-order valence-corrected chi connectivity index (χ3v) is 6.07. The van der Waals surface area contributed by atoms with Crippen LogP contribution in [0.15, 0.2) is 59.6 Å². The Labute approximate surface area is 180 Å². The molecule has 0 saturated heterocycles. The van der Waals surface area contributed by atoms with Crippen LogP contribution in [0.25, 0.3) is 0 Å². The molecule has 6 nitrogen and oxygen atoms in total. The van der Waals surface area contributed by atoms with Crippen LogP contribution in [-0.2, 0) is 6.54 Å². The standard InChI is InChI=1S/C23H23N3O3S/c1-15-11-16(2)18(24-13-15)14-25-19-7-5-6-8-22(19)30-26(23(25)27)17-9-10-20(28-3)21(12-17)29-4/h5-13H,14H2,1-4H3. The lowest BCUT2D eigenvalue weighted by atomic mass is 10.1. The van der Waals surface area contributed by atoms with Gasteiger partial charge in [-0.25, -0.2) is 9.10 Å². The van der Waals surface area contributed by atoms with E-state index < -0.39 is 0 Å². The number of methoxy groups -OCH3 is 2. The van der Waals surface area contributed by atoms with Gasteiger partial charge in [-0.3, -0.25) is 9.88 Å². The fraction of sp³-hybridized carbons (Fsp3) is 0.217. The van der Waals surface area contributed by atoms with Gasteiger partial charge in [0.25, 0.3) is 0 Å². The second-order valence-corrected chi connectivity index (χ2v) is 8.03. The van der Waals surface area contributed by atoms with Gasteiger partial charge in [0.15, 0.2) is 11.5 Å². The number of hydrogen-bond acceptors (Lipinski definition) is 5. The van der Waals surface area contributed by atoms with Crippen molar-refractivity contribution in [2.75, 3.05) is 23.4 Å². The van der Waals surface area contributed by atoms with Crippen LogP contribution in [0.1, 0.15) is 16.8 Å². The summed E-state index contributed by atoms with van der Waals surface area (Å²) in [4.78, 5) is 20.9. The zero-order valence-corrected chi connectivity index (χ0v) is 18.2. The van der Waals surface area contributed by atoms with E-state index in [1.54, 1.807) is 29.5 Å². The van der Waals surface area contributed by atoms with Crippen molar-refractivity contribution < 1.29 is 14.3 Å². The molecule has 2 heterocycles. The molecule has 1 aliphatic heterocycles. The molecule has 0 radical (unpaired) electrons. The lowest BCUT2D eigenvalue weighted by molar-refractivity contribution is 0.254. The number of aryl methyl sites for hydroxylation is 2. The first-order chi connectivity index (χ1) is 14.5. The van der Waals surface area contributed by atoms with Crippen LogP contribution < -0.4 is 18.7 Å². The molecule has 0 saturated carbocycles. The van der Waals surface area contributed by atoms with Crippen molar-refractivity contribution in [1.29, 1.82) is 0 Å². The lowest BCUT2D eigenvalue weighted by Crippen LogP contribution is -2.43. The molecule has 7 heteroatoms. The molecule has 3 aromatic rings. The SMILES string of the molecule is COc1ccc(N2Sc3ccccc3N(Cc3ncc(C)cc3C)C2=O)cc1OC. The molecule has 0 spiro atoms. The molecule has 30 heavy (non-hydrogen) atoms. The Morgan fingerprint density at radius 1 is 1.00 bits per heavy atom. The van der Waals surface area contributed by atoms with Crippen LogP contribution in [0.4, 0.5) is 16.2 Å². The third kappa shape index (κ3) is 3.68. The molecule has 0 fully saturated rings. The maximum absolute atomic E-state index is 13.6. The van der Waals surface area contributed by atoms with E-state index in [0.29, 0.717) is 18.0 Å². The number of urea groups is 1. The number of rotatable bonds is 5. The number of hydrogen-bond donors (Lipinski definition) is 0. The molecule has 0 unspecified atom stereocenters. The summed E-state index contributed by atoms with van der Waals surface area (Å²) in [5, 5.41) is 0. The van der Waals surface area contributed by atoms with Gasteiger partial charge in [-0.15, -0.1) is 0 Å². The smallest absolute Gasteiger partial charge is 0.339 e. The minimum Gasteiger partial charge on any atom is -0.493 e. The summed E-state index contributed by atoms with van der Waals surface area (Å²) in [6, 6.07) is 15.3. The number of aromatic nitrogens is 1. The summed E-state index contributed by atoms with van der Waals surface area (Å²) in [6.45, 7) is 4.43. The fourth-order valence-corrected chi connectivity index (χ4v) is 4.44. The van der Waals surface area contributed by atoms with Gasteiger partial charge >= 0.3 is 6.03 Å². The van der Waals surface area contributed by atoms with Gasteiger partial charge < -0.3 is 9.47 Å². The highest BCUT2D eigenvalue weighted by Crippen LogP contribution is 2.43. The van der Waals surface area contributed by atoms with Crippen LogP contribution in [0, 0.1) is 13.8 Å². The van der Waals surface area contributed by atoms with Crippen LogP contribution in [-0.4, -0.2) is 25.2 Å². The number of ether oxygens (including phenoxy) is 2. The van der Waals surface area contributed by atoms with Crippen molar-refractivity contribution in [2.45, 2.75) is 25.3 Å². The molecule has 1 aromatic heterocycles. The molecule has 4 rings (SSSR count). The summed E-state index contributed by atoms with van der Waals surface area (Å²) >= 11 is 1.40. The van der Waals surface area contributed by atoms with E-state index in [4.69, 9.17) is 9.47 Å². The molecule has 2 aromatic carbocycles. The number of amides is 2. The van der Waals surface area contributed by atoms with Crippen LogP contribution in [0.5, 0.6) is 11.5 Å². The van der Waals surface area contributed by atoms with Crippen LogP contribution >= 0.6 is 11.9 Å². The van der Waals surface area contributed by atoms with Crippen LogP contribution in [0.3, 0.4) is 0 Å². The van der Waals surface area contributed by atoms with Gasteiger partial charge in [0, 0.05) is 12.3 Å². The molecular weight excluding hydrogens is 398 g/mol. The van der Waals surface area contributed by atoms with Gasteiger partial charge in [0.1, 0.15) is 0 Å². The van der Waals surface area contributed by atoms with Crippen molar-refractivity contribution in [2.24, 2.45) is 0 Å². The first kappa shape index (κ1) is 20.1. The van der Waals surface area contributed by atoms with Gasteiger partial charge in [-0.05, 0) is 61.2 Å². The van der Waals surface area contributed by atoms with Crippen molar-refractivity contribution in [1.82, 2.24) is 4.98 Å². The Morgan fingerprint density at radius 3 is 2.50 bits per heavy atom. The van der Waals surface area contributed by atoms with Crippen molar-refractivity contribution in [3.05, 3.63) is 71.5 Å². The van der Waals surface area contributed by atoms with Crippen LogP contribution in [0.2, 0.25) is 0 Å². The van der Waals surface area contributed by atoms with Gasteiger partial charge in [-0.2, -0.15) is 0 Å². The van der Waals surface area contributed by atoms with E-state index in [9.17, 15) is 4.79 Å². The number of fused-ring (bicyclic) bond motifs is 1. The Hall–Kier alpha value is -3.19. The average molecular weight is 422 g/mol. The van der Waals surface area contributed by atoms with Crippen molar-refractivity contribution in [3.8, 4) is 11.5 Å². The van der Waals surface area contributed by atoms with E-state index in [-0.39, 0.29) is 6.03 Å². The molecule has 154 valence electrons. The third-order valence-electron chi connectivity index (χ3n) is 4.98. The monoisotopic (exact) mass is 421 g/mol. The number of carbonyl (C=O) groups excluding carboxylic acids is 1. The number of para-hydroxylation sites is 1. The number of nitrogens with zero attached hydrogens (tertiary/aromatic N) is 3. The zero-order valence-electron chi connectivity index (χ0n) is 17.4. The number of pyridine rings is 1. The predicted octanol–water partition coefficient (Wildman–Crippen LogP) is 5.37. The summed E-state index contributed by atoms with van der Waals surface area (Å²) in [7, 11) is 3.17. The van der Waals surface area contributed by atoms with E-state index in [2.05, 4.69) is 11.1 Å². The molecule has 0 N–H and O–H groups in total. The number of carbonyl (C=O) groups is 1. The van der Waals surface area contributed by atoms with Crippen molar-refractivity contribution >= 4 is 29.4 Å². The fourth-order valence-electron chi connectivity index (χ4n) is 3.43. The first-order valence-corrected chi connectivity index (χ1v) is 10.3. The molecule has 0 bridgehead atoms. The van der Waals surface area contributed by atoms with E-state index in [1.807, 2.05) is 56.4 Å². The van der Waals surface area contributed by atoms with Gasteiger partial charge in [-0.1, -0.05) is 18.2 Å². The normalized spacial score (nSPS) is 13.3. The first-order valence-electron chi connectivity index (χ1n) is 9.54. The molecular formula is C23H23N3O3S. The zero-order chi connectivity index (χ0) is 21.3. The summed E-state index contributed by atoms with van der Waals surface area (Å²) in [5.41, 5.74) is 4.64. The quantitative estimate of drug-likeness (QED) is 0.519. The Morgan fingerprint density at radius 2 is 1.77 bits per heavy atom. The van der Waals surface area contributed by atoms with E-state index in [1.165, 1.54) is 11.9 Å². The summed E-state index contributed by atoms with van der Waals surface area (Å²) in [5.74, 6) is 1.19. The maximum atomic E-state index is 13.6. The predicted molar refractivity (Wildman–Crippen MR) is 120 cm³/mol. The van der Waals surface area contributed by atoms with Gasteiger partial charge in [0.2, 0.25) is 0 Å². The molecule has 0 aliphatic carbocycles. The molecule has 1 aliphatic rings. The van der Waals surface area contributed by atoms with E-state index >= 15 is 0 Å². The van der Waals surface area contributed by atoms with E-state index in [0.717, 1.165) is 33.1 Å². The topological polar surface area (TPSA) is 54.9 Å². The lowest BCUT2D eigenvalue weighted by Gasteiger charge is -2.36.